The van der Waals surface area contributed by atoms with Crippen molar-refractivity contribution in [2.75, 3.05) is 40.5 Å². The maximum absolute atomic E-state index is 12.6. The van der Waals surface area contributed by atoms with Crippen molar-refractivity contribution in [3.8, 4) is 0 Å². The van der Waals surface area contributed by atoms with Crippen LogP contribution in [0.15, 0.2) is 18.2 Å². The number of nitrogens with zero attached hydrogens (tertiary/aromatic N) is 3. The number of hydrogen-bond donors (Lipinski definition) is 0. The van der Waals surface area contributed by atoms with Crippen molar-refractivity contribution in [1.29, 1.82) is 0 Å². The van der Waals surface area contributed by atoms with Crippen molar-refractivity contribution >= 4 is 17.3 Å². The van der Waals surface area contributed by atoms with Crippen molar-refractivity contribution < 1.29 is 24.1 Å². The molecule has 0 aliphatic heterocycles. The van der Waals surface area contributed by atoms with E-state index < -0.39 is 32.7 Å². The van der Waals surface area contributed by atoms with E-state index in [0.717, 1.165) is 12.1 Å². The van der Waals surface area contributed by atoms with Gasteiger partial charge < -0.3 is 14.4 Å². The van der Waals surface area contributed by atoms with E-state index in [-0.39, 0.29) is 26.3 Å². The van der Waals surface area contributed by atoms with Gasteiger partial charge in [-0.2, -0.15) is 0 Å². The van der Waals surface area contributed by atoms with Crippen LogP contribution in [-0.4, -0.2) is 61.2 Å². The van der Waals surface area contributed by atoms with Gasteiger partial charge in [-0.25, -0.2) is 0 Å². The van der Waals surface area contributed by atoms with Crippen molar-refractivity contribution in [2.24, 2.45) is 0 Å². The van der Waals surface area contributed by atoms with Gasteiger partial charge in [-0.1, -0.05) is 0 Å². The summed E-state index contributed by atoms with van der Waals surface area (Å²) in [5, 5.41) is 22.2. The highest BCUT2D eigenvalue weighted by molar-refractivity contribution is 6.02. The van der Waals surface area contributed by atoms with E-state index in [1.807, 2.05) is 0 Å². The van der Waals surface area contributed by atoms with Gasteiger partial charge in [-0.05, 0) is 6.07 Å². The quantitative estimate of drug-likeness (QED) is 0.493. The molecule has 0 aliphatic rings. The fraction of sp³-hybridized carbons (Fsp3) is 0.462. The van der Waals surface area contributed by atoms with Gasteiger partial charge >= 0.3 is 0 Å². The first-order chi connectivity index (χ1) is 10.9. The Morgan fingerprint density at radius 2 is 1.48 bits per heavy atom. The highest BCUT2D eigenvalue weighted by Crippen LogP contribution is 2.29. The van der Waals surface area contributed by atoms with E-state index >= 15 is 0 Å². The van der Waals surface area contributed by atoms with Gasteiger partial charge in [0.1, 0.15) is 0 Å². The Balaban J connectivity index is 3.30. The van der Waals surface area contributed by atoms with E-state index in [9.17, 15) is 25.0 Å². The van der Waals surface area contributed by atoms with E-state index in [4.69, 9.17) is 9.47 Å². The first-order valence-corrected chi connectivity index (χ1v) is 6.63. The minimum absolute atomic E-state index is 0.127. The molecule has 10 nitrogen and oxygen atoms in total. The Morgan fingerprint density at radius 1 is 1.04 bits per heavy atom. The average molecular weight is 327 g/mol. The lowest BCUT2D eigenvalue weighted by atomic mass is 10.1. The Hall–Kier alpha value is -2.59. The predicted octanol–water partition coefficient (Wildman–Crippen LogP) is 1.24. The number of nitro benzene ring substituents is 2. The van der Waals surface area contributed by atoms with E-state index in [1.54, 1.807) is 0 Å². The molecule has 0 fully saturated rings. The molecular formula is C13H17N3O7. The van der Waals surface area contributed by atoms with Crippen LogP contribution in [0, 0.1) is 20.2 Å². The lowest BCUT2D eigenvalue weighted by Crippen LogP contribution is -2.37. The Labute approximate surface area is 131 Å². The van der Waals surface area contributed by atoms with Crippen LogP contribution in [0.1, 0.15) is 10.4 Å². The summed E-state index contributed by atoms with van der Waals surface area (Å²) >= 11 is 0. The van der Waals surface area contributed by atoms with Gasteiger partial charge in [-0.3, -0.25) is 25.0 Å². The second kappa shape index (κ2) is 8.76. The van der Waals surface area contributed by atoms with Crippen LogP contribution in [0.2, 0.25) is 0 Å². The third-order valence-corrected chi connectivity index (χ3v) is 3.05. The fourth-order valence-electron chi connectivity index (χ4n) is 1.93. The number of ether oxygens (including phenoxy) is 2. The van der Waals surface area contributed by atoms with Crippen LogP contribution in [0.25, 0.3) is 0 Å². The van der Waals surface area contributed by atoms with E-state index in [1.165, 1.54) is 25.2 Å². The molecule has 0 saturated heterocycles. The zero-order chi connectivity index (χ0) is 17.4. The van der Waals surface area contributed by atoms with E-state index in [2.05, 4.69) is 0 Å². The molecule has 1 aromatic carbocycles. The van der Waals surface area contributed by atoms with Crippen LogP contribution in [-0.2, 0) is 9.47 Å². The molecule has 0 aromatic heterocycles. The maximum Gasteiger partial charge on any atom is 0.289 e. The summed E-state index contributed by atoms with van der Waals surface area (Å²) in [5.41, 5.74) is -1.76. The SMILES string of the molecule is COCCN(CCOC)C(=O)c1c([N+](=O)[O-])cccc1[N+](=O)[O-]. The Bertz CT molecular complexity index is 551. The molecule has 0 saturated carbocycles. The second-order valence-electron chi connectivity index (χ2n) is 4.46. The smallest absolute Gasteiger partial charge is 0.289 e. The minimum Gasteiger partial charge on any atom is -0.383 e. The lowest BCUT2D eigenvalue weighted by molar-refractivity contribution is -0.394. The van der Waals surface area contributed by atoms with Gasteiger partial charge in [0.25, 0.3) is 17.3 Å². The number of amides is 1. The topological polar surface area (TPSA) is 125 Å². The molecule has 23 heavy (non-hydrogen) atoms. The first-order valence-electron chi connectivity index (χ1n) is 6.63. The minimum atomic E-state index is -0.814. The summed E-state index contributed by atoms with van der Waals surface area (Å²) in [4.78, 5) is 34.4. The number of benzene rings is 1. The summed E-state index contributed by atoms with van der Waals surface area (Å²) in [6.45, 7) is 0.623. The van der Waals surface area contributed by atoms with Crippen LogP contribution in [0.4, 0.5) is 11.4 Å². The fourth-order valence-corrected chi connectivity index (χ4v) is 1.93. The third kappa shape index (κ3) is 4.69. The number of hydrogen-bond acceptors (Lipinski definition) is 7. The zero-order valence-corrected chi connectivity index (χ0v) is 12.8. The largest absolute Gasteiger partial charge is 0.383 e. The lowest BCUT2D eigenvalue weighted by Gasteiger charge is -2.21. The normalized spacial score (nSPS) is 10.3. The Morgan fingerprint density at radius 3 is 1.83 bits per heavy atom. The van der Waals surface area contributed by atoms with Gasteiger partial charge in [-0.15, -0.1) is 0 Å². The van der Waals surface area contributed by atoms with Crippen LogP contribution in [0.3, 0.4) is 0 Å². The summed E-state index contributed by atoms with van der Waals surface area (Å²) in [5.74, 6) is -0.807. The van der Waals surface area contributed by atoms with Crippen molar-refractivity contribution in [3.05, 3.63) is 44.0 Å². The van der Waals surface area contributed by atoms with Crippen LogP contribution in [0.5, 0.6) is 0 Å². The van der Waals surface area contributed by atoms with Gasteiger partial charge in [0.05, 0.1) is 23.1 Å². The summed E-state index contributed by atoms with van der Waals surface area (Å²) < 4.78 is 9.78. The van der Waals surface area contributed by atoms with Crippen LogP contribution < -0.4 is 0 Å². The van der Waals surface area contributed by atoms with Gasteiger partial charge in [0, 0.05) is 39.4 Å². The summed E-state index contributed by atoms with van der Waals surface area (Å²) in [7, 11) is 2.87. The van der Waals surface area contributed by atoms with E-state index in [0.29, 0.717) is 0 Å². The predicted molar refractivity (Wildman–Crippen MR) is 79.4 cm³/mol. The maximum atomic E-state index is 12.6. The van der Waals surface area contributed by atoms with Gasteiger partial charge in [0.2, 0.25) is 0 Å². The number of carbonyl (C=O) groups excluding carboxylic acids is 1. The molecule has 1 aromatic rings. The van der Waals surface area contributed by atoms with Crippen molar-refractivity contribution in [2.45, 2.75) is 0 Å². The molecule has 0 heterocycles. The molecule has 0 unspecified atom stereocenters. The second-order valence-corrected chi connectivity index (χ2v) is 4.46. The average Bonchev–Trinajstić information content (AvgIpc) is 2.53. The number of methoxy groups -OCH3 is 2. The molecule has 0 bridgehead atoms. The Kier molecular flexibility index (Phi) is 7.03. The molecular weight excluding hydrogens is 310 g/mol. The monoisotopic (exact) mass is 327 g/mol. The molecule has 0 N–H and O–H groups in total. The summed E-state index contributed by atoms with van der Waals surface area (Å²) in [6, 6.07) is 3.29. The zero-order valence-electron chi connectivity index (χ0n) is 12.8. The molecule has 0 aliphatic carbocycles. The standard InChI is InChI=1S/C13H17N3O7/c1-22-8-6-14(7-9-23-2)13(17)12-10(15(18)19)4-3-5-11(12)16(20)21/h3-5H,6-9H2,1-2H3. The molecule has 1 amide bonds. The first kappa shape index (κ1) is 18.5. The number of rotatable bonds is 9. The molecule has 0 spiro atoms. The molecule has 1 rings (SSSR count). The number of carbonyl (C=O) groups is 1. The van der Waals surface area contributed by atoms with Crippen molar-refractivity contribution in [3.63, 3.8) is 0 Å². The summed E-state index contributed by atoms with van der Waals surface area (Å²) in [6.07, 6.45) is 0. The van der Waals surface area contributed by atoms with Crippen molar-refractivity contribution in [1.82, 2.24) is 4.90 Å². The molecule has 10 heteroatoms. The highest BCUT2D eigenvalue weighted by atomic mass is 16.6. The van der Waals surface area contributed by atoms with Gasteiger partial charge in [0.15, 0.2) is 5.56 Å². The molecule has 0 radical (unpaired) electrons. The molecule has 0 atom stereocenters. The number of nitro groups is 2. The highest BCUT2D eigenvalue weighted by Gasteiger charge is 2.33. The third-order valence-electron chi connectivity index (χ3n) is 3.05. The molecule has 126 valence electrons. The van der Waals surface area contributed by atoms with Crippen LogP contribution >= 0.6 is 0 Å².